The van der Waals surface area contributed by atoms with Gasteiger partial charge in [-0.05, 0) is 39.7 Å². The van der Waals surface area contributed by atoms with Crippen molar-refractivity contribution in [3.8, 4) is 0 Å². The summed E-state index contributed by atoms with van der Waals surface area (Å²) in [6, 6.07) is -0.0181. The maximum atomic E-state index is 12.5. The Morgan fingerprint density at radius 1 is 1.47 bits per heavy atom. The van der Waals surface area contributed by atoms with E-state index in [-0.39, 0.29) is 10.9 Å². The van der Waals surface area contributed by atoms with Crippen molar-refractivity contribution in [2.24, 2.45) is 5.92 Å². The summed E-state index contributed by atoms with van der Waals surface area (Å²) in [7, 11) is -1.74. The first-order valence-electron chi connectivity index (χ1n) is 6.66. The van der Waals surface area contributed by atoms with Crippen molar-refractivity contribution in [1.29, 1.82) is 0 Å². The number of aromatic amines is 1. The molecular formula is C12H22N4O2S. The molecule has 1 heterocycles. The summed E-state index contributed by atoms with van der Waals surface area (Å²) in [6.45, 7) is 4.10. The number of nitrogens with one attached hydrogen (secondary N) is 3. The number of hydrogen-bond acceptors (Lipinski definition) is 4. The highest BCUT2D eigenvalue weighted by molar-refractivity contribution is 7.89. The lowest BCUT2D eigenvalue weighted by molar-refractivity contribution is 0.260. The molecule has 0 aliphatic heterocycles. The zero-order valence-corrected chi connectivity index (χ0v) is 12.5. The number of hydrogen-bond donors (Lipinski definition) is 3. The minimum atomic E-state index is -3.50. The van der Waals surface area contributed by atoms with E-state index in [9.17, 15) is 8.42 Å². The summed E-state index contributed by atoms with van der Waals surface area (Å²) < 4.78 is 27.7. The van der Waals surface area contributed by atoms with E-state index in [0.29, 0.717) is 23.9 Å². The molecule has 0 radical (unpaired) electrons. The zero-order valence-electron chi connectivity index (χ0n) is 11.7. The van der Waals surface area contributed by atoms with Crippen molar-refractivity contribution in [3.63, 3.8) is 0 Å². The molecule has 3 N–H and O–H groups in total. The molecule has 108 valence electrons. The Hall–Kier alpha value is -0.920. The van der Waals surface area contributed by atoms with E-state index in [4.69, 9.17) is 0 Å². The minimum Gasteiger partial charge on any atom is -0.314 e. The molecule has 1 aliphatic rings. The van der Waals surface area contributed by atoms with E-state index >= 15 is 0 Å². The maximum absolute atomic E-state index is 12.5. The molecule has 0 saturated heterocycles. The van der Waals surface area contributed by atoms with Crippen LogP contribution in [0.5, 0.6) is 0 Å². The van der Waals surface area contributed by atoms with Gasteiger partial charge in [-0.1, -0.05) is 6.42 Å². The van der Waals surface area contributed by atoms with Crippen molar-refractivity contribution in [3.05, 3.63) is 11.4 Å². The van der Waals surface area contributed by atoms with Crippen LogP contribution in [0.25, 0.3) is 0 Å². The van der Waals surface area contributed by atoms with Crippen molar-refractivity contribution < 1.29 is 8.42 Å². The molecular weight excluding hydrogens is 264 g/mol. The molecule has 2 rings (SSSR count). The van der Waals surface area contributed by atoms with Crippen LogP contribution >= 0.6 is 0 Å². The Morgan fingerprint density at radius 3 is 2.68 bits per heavy atom. The molecule has 1 fully saturated rings. The minimum absolute atomic E-state index is 0.0181. The lowest BCUT2D eigenvalue weighted by atomic mass is 9.81. The maximum Gasteiger partial charge on any atom is 0.244 e. The molecule has 1 saturated carbocycles. The average molecular weight is 286 g/mol. The third-order valence-electron chi connectivity index (χ3n) is 3.77. The van der Waals surface area contributed by atoms with E-state index in [0.717, 1.165) is 12.8 Å². The molecule has 1 atom stereocenters. The van der Waals surface area contributed by atoms with Crippen LogP contribution in [0.3, 0.4) is 0 Å². The van der Waals surface area contributed by atoms with Gasteiger partial charge in [0, 0.05) is 12.6 Å². The van der Waals surface area contributed by atoms with Gasteiger partial charge in [0.05, 0.1) is 11.4 Å². The zero-order chi connectivity index (χ0) is 14.0. The van der Waals surface area contributed by atoms with Gasteiger partial charge < -0.3 is 5.32 Å². The molecule has 6 nitrogen and oxygen atoms in total. The summed E-state index contributed by atoms with van der Waals surface area (Å²) in [4.78, 5) is 0.285. The molecule has 1 aromatic heterocycles. The van der Waals surface area contributed by atoms with Crippen molar-refractivity contribution in [2.75, 3.05) is 7.05 Å². The molecule has 1 aromatic rings. The van der Waals surface area contributed by atoms with Crippen LogP contribution in [0.4, 0.5) is 0 Å². The highest BCUT2D eigenvalue weighted by atomic mass is 32.2. The second-order valence-corrected chi connectivity index (χ2v) is 6.91. The summed E-state index contributed by atoms with van der Waals surface area (Å²) in [6.07, 6.45) is 3.42. The second-order valence-electron chi connectivity index (χ2n) is 5.26. The smallest absolute Gasteiger partial charge is 0.244 e. The summed E-state index contributed by atoms with van der Waals surface area (Å²) in [5, 5.41) is 9.73. The van der Waals surface area contributed by atoms with E-state index in [1.807, 2.05) is 6.92 Å². The number of aryl methyl sites for hydroxylation is 1. The number of H-pyrrole nitrogens is 1. The highest BCUT2D eigenvalue weighted by Gasteiger charge is 2.30. The summed E-state index contributed by atoms with van der Waals surface area (Å²) in [5.41, 5.74) is 1.12. The average Bonchev–Trinajstić information content (AvgIpc) is 2.57. The van der Waals surface area contributed by atoms with E-state index in [1.54, 1.807) is 14.0 Å². The Labute approximate surface area is 114 Å². The first-order valence-corrected chi connectivity index (χ1v) is 8.14. The molecule has 1 unspecified atom stereocenters. The first-order chi connectivity index (χ1) is 8.95. The normalized spacial score (nSPS) is 18.3. The van der Waals surface area contributed by atoms with Gasteiger partial charge in [-0.15, -0.1) is 0 Å². The van der Waals surface area contributed by atoms with Gasteiger partial charge in [-0.3, -0.25) is 5.10 Å². The molecule has 7 heteroatoms. The van der Waals surface area contributed by atoms with E-state index < -0.39 is 10.0 Å². The molecule has 0 bridgehead atoms. The quantitative estimate of drug-likeness (QED) is 0.725. The molecule has 0 aromatic carbocycles. The SMILES string of the molecule is CNCc1n[nH]c(C)c1S(=O)(=O)NC(C)C1CCC1. The topological polar surface area (TPSA) is 86.9 Å². The van der Waals surface area contributed by atoms with Gasteiger partial charge in [0.1, 0.15) is 4.90 Å². The van der Waals surface area contributed by atoms with Crippen molar-refractivity contribution in [2.45, 2.75) is 50.6 Å². The van der Waals surface area contributed by atoms with Crippen LogP contribution in [0.1, 0.15) is 37.6 Å². The van der Waals surface area contributed by atoms with Gasteiger partial charge in [0.25, 0.3) is 0 Å². The Bertz CT molecular complexity index is 534. The number of sulfonamides is 1. The monoisotopic (exact) mass is 286 g/mol. The standard InChI is InChI=1S/C12H22N4O2S/c1-8(10-5-4-6-10)16-19(17,18)12-9(2)14-15-11(12)7-13-3/h8,10,13,16H,4-7H2,1-3H3,(H,14,15). The lowest BCUT2D eigenvalue weighted by Gasteiger charge is -2.31. The molecule has 19 heavy (non-hydrogen) atoms. The van der Waals surface area contributed by atoms with E-state index in [2.05, 4.69) is 20.2 Å². The Morgan fingerprint density at radius 2 is 2.16 bits per heavy atom. The van der Waals surface area contributed by atoms with Crippen LogP contribution in [-0.4, -0.2) is 31.7 Å². The molecule has 1 aliphatic carbocycles. The molecule has 0 amide bonds. The van der Waals surface area contributed by atoms with Crippen molar-refractivity contribution >= 4 is 10.0 Å². The third-order valence-corrected chi connectivity index (χ3v) is 5.53. The fourth-order valence-electron chi connectivity index (χ4n) is 2.45. The van der Waals surface area contributed by atoms with Crippen molar-refractivity contribution in [1.82, 2.24) is 20.2 Å². The predicted octanol–water partition coefficient (Wildman–Crippen LogP) is 0.904. The van der Waals surface area contributed by atoms with Crippen LogP contribution in [-0.2, 0) is 16.6 Å². The fraction of sp³-hybridized carbons (Fsp3) is 0.750. The predicted molar refractivity (Wildman–Crippen MR) is 73.2 cm³/mol. The van der Waals surface area contributed by atoms with Crippen LogP contribution in [0, 0.1) is 12.8 Å². The van der Waals surface area contributed by atoms with Gasteiger partial charge in [-0.2, -0.15) is 5.10 Å². The van der Waals surface area contributed by atoms with Crippen LogP contribution in [0.15, 0.2) is 4.90 Å². The Balaban J connectivity index is 2.20. The summed E-state index contributed by atoms with van der Waals surface area (Å²) in [5.74, 6) is 0.467. The van der Waals surface area contributed by atoms with Gasteiger partial charge >= 0.3 is 0 Å². The van der Waals surface area contributed by atoms with Gasteiger partial charge in [0.15, 0.2) is 0 Å². The number of nitrogens with zero attached hydrogens (tertiary/aromatic N) is 1. The largest absolute Gasteiger partial charge is 0.314 e. The Kier molecular flexibility index (Phi) is 4.27. The van der Waals surface area contributed by atoms with E-state index in [1.165, 1.54) is 6.42 Å². The van der Waals surface area contributed by atoms with Gasteiger partial charge in [0.2, 0.25) is 10.0 Å². The number of aromatic nitrogens is 2. The van der Waals surface area contributed by atoms with Gasteiger partial charge in [-0.25, -0.2) is 13.1 Å². The number of rotatable bonds is 6. The lowest BCUT2D eigenvalue weighted by Crippen LogP contribution is -2.41. The first kappa shape index (κ1) is 14.5. The third kappa shape index (κ3) is 2.98. The second kappa shape index (κ2) is 5.60. The fourth-order valence-corrected chi connectivity index (χ4v) is 4.13. The highest BCUT2D eigenvalue weighted by Crippen LogP contribution is 2.30. The molecule has 0 spiro atoms. The van der Waals surface area contributed by atoms with Crippen LogP contribution in [0.2, 0.25) is 0 Å². The van der Waals surface area contributed by atoms with Crippen LogP contribution < -0.4 is 10.0 Å². The summed E-state index contributed by atoms with van der Waals surface area (Å²) >= 11 is 0.